The Morgan fingerprint density at radius 2 is 1.94 bits per heavy atom. The predicted octanol–water partition coefficient (Wildman–Crippen LogP) is 5.57. The summed E-state index contributed by atoms with van der Waals surface area (Å²) in [5, 5.41) is 5.22. The van der Waals surface area contributed by atoms with Crippen LogP contribution in [0.2, 0.25) is 0 Å². The molecule has 0 saturated heterocycles. The van der Waals surface area contributed by atoms with E-state index in [1.807, 2.05) is 13.0 Å². The first-order chi connectivity index (χ1) is 15.0. The van der Waals surface area contributed by atoms with Crippen LogP contribution in [0.4, 0.5) is 9.52 Å². The number of nitrogens with one attached hydrogen (secondary N) is 1. The van der Waals surface area contributed by atoms with Gasteiger partial charge in [-0.1, -0.05) is 44.2 Å². The highest BCUT2D eigenvalue weighted by Crippen LogP contribution is 2.32. The summed E-state index contributed by atoms with van der Waals surface area (Å²) in [6, 6.07) is 8.89. The first-order valence-corrected chi connectivity index (χ1v) is 11.6. The Morgan fingerprint density at radius 3 is 2.58 bits per heavy atom. The normalized spacial score (nSPS) is 15.5. The summed E-state index contributed by atoms with van der Waals surface area (Å²) >= 11 is 1.36. The van der Waals surface area contributed by atoms with Crippen molar-refractivity contribution in [3.05, 3.63) is 69.8 Å². The van der Waals surface area contributed by atoms with Crippen LogP contribution in [0.3, 0.4) is 0 Å². The first kappa shape index (κ1) is 21.4. The van der Waals surface area contributed by atoms with Gasteiger partial charge in [-0.15, -0.1) is 11.3 Å². The molecular formula is C24H26FN3O2S. The number of benzene rings is 1. The Bertz CT molecular complexity index is 1090. The van der Waals surface area contributed by atoms with Crippen molar-refractivity contribution in [2.75, 3.05) is 5.32 Å². The topological polar surface area (TPSA) is 64.0 Å². The fraction of sp³-hybridized carbons (Fsp3) is 0.375. The summed E-state index contributed by atoms with van der Waals surface area (Å²) in [6.45, 7) is 1.85. The van der Waals surface area contributed by atoms with Crippen molar-refractivity contribution in [3.8, 4) is 11.1 Å². The molecule has 0 bridgehead atoms. The van der Waals surface area contributed by atoms with Gasteiger partial charge in [-0.2, -0.15) is 0 Å². The number of rotatable bonds is 6. The highest BCUT2D eigenvalue weighted by Gasteiger charge is 2.28. The summed E-state index contributed by atoms with van der Waals surface area (Å²) in [5.41, 5.74) is 1.97. The van der Waals surface area contributed by atoms with E-state index in [0.717, 1.165) is 24.0 Å². The molecule has 1 atom stereocenters. The molecule has 1 aliphatic carbocycles. The number of amides is 1. The van der Waals surface area contributed by atoms with E-state index in [1.54, 1.807) is 28.3 Å². The molecular weight excluding hydrogens is 413 g/mol. The number of anilines is 1. The van der Waals surface area contributed by atoms with E-state index in [0.29, 0.717) is 23.2 Å². The Hall–Kier alpha value is -2.80. The number of nitrogens with zero attached hydrogens (tertiary/aromatic N) is 2. The monoisotopic (exact) mass is 439 g/mol. The number of halogens is 1. The van der Waals surface area contributed by atoms with Gasteiger partial charge in [0.15, 0.2) is 5.13 Å². The molecule has 1 fully saturated rings. The zero-order chi connectivity index (χ0) is 21.8. The van der Waals surface area contributed by atoms with Gasteiger partial charge in [0.1, 0.15) is 11.9 Å². The molecule has 1 N–H and O–H groups in total. The zero-order valence-electron chi connectivity index (χ0n) is 17.5. The van der Waals surface area contributed by atoms with Crippen LogP contribution >= 0.6 is 11.3 Å². The van der Waals surface area contributed by atoms with Gasteiger partial charge in [0.25, 0.3) is 5.56 Å². The lowest BCUT2D eigenvalue weighted by Crippen LogP contribution is -2.36. The smallest absolute Gasteiger partial charge is 0.252 e. The van der Waals surface area contributed by atoms with Crippen LogP contribution in [0.5, 0.6) is 0 Å². The number of carbonyl (C=O) groups is 1. The third-order valence-electron chi connectivity index (χ3n) is 6.00. The molecule has 3 aromatic rings. The maximum absolute atomic E-state index is 13.3. The number of aryl methyl sites for hydroxylation is 1. The third kappa shape index (κ3) is 5.10. The maximum atomic E-state index is 13.3. The number of hydrogen-bond acceptors (Lipinski definition) is 4. The average Bonchev–Trinajstić information content (AvgIpc) is 3.26. The first-order valence-electron chi connectivity index (χ1n) is 10.7. The molecule has 4 rings (SSSR count). The molecule has 7 heteroatoms. The van der Waals surface area contributed by atoms with Crippen LogP contribution < -0.4 is 10.9 Å². The van der Waals surface area contributed by atoms with E-state index in [9.17, 15) is 14.0 Å². The van der Waals surface area contributed by atoms with Crippen molar-refractivity contribution in [3.63, 3.8) is 0 Å². The second-order valence-corrected chi connectivity index (χ2v) is 9.08. The molecule has 0 unspecified atom stereocenters. The van der Waals surface area contributed by atoms with Gasteiger partial charge in [-0.05, 0) is 48.6 Å². The van der Waals surface area contributed by atoms with Crippen molar-refractivity contribution >= 4 is 22.4 Å². The minimum atomic E-state index is -0.596. The van der Waals surface area contributed by atoms with Crippen molar-refractivity contribution in [1.29, 1.82) is 0 Å². The molecule has 1 amide bonds. The standard InChI is InChI=1S/C24H26FN3O2S/c1-16-13-19(18-7-9-20(25)10-8-18)15-22(29)28(16)21(14-17-5-3-2-4-6-17)23(30)27-24-26-11-12-31-24/h7-13,15,17,21H,2-6,14H2,1H3,(H,26,27,30)/t21-/m0/s1. The van der Waals surface area contributed by atoms with E-state index < -0.39 is 6.04 Å². The zero-order valence-corrected chi connectivity index (χ0v) is 18.3. The highest BCUT2D eigenvalue weighted by molar-refractivity contribution is 7.13. The van der Waals surface area contributed by atoms with Crippen LogP contribution in [0.25, 0.3) is 11.1 Å². The number of carbonyl (C=O) groups excluding carboxylic acids is 1. The van der Waals surface area contributed by atoms with E-state index in [2.05, 4.69) is 10.3 Å². The second kappa shape index (κ2) is 9.56. The van der Waals surface area contributed by atoms with Crippen molar-refractivity contribution < 1.29 is 9.18 Å². The summed E-state index contributed by atoms with van der Waals surface area (Å²) in [5.74, 6) is -0.107. The van der Waals surface area contributed by atoms with Crippen LogP contribution in [-0.4, -0.2) is 15.5 Å². The number of thiazole rings is 1. The lowest BCUT2D eigenvalue weighted by Gasteiger charge is -2.28. The van der Waals surface area contributed by atoms with Gasteiger partial charge >= 0.3 is 0 Å². The van der Waals surface area contributed by atoms with Crippen molar-refractivity contribution in [1.82, 2.24) is 9.55 Å². The Balaban J connectivity index is 1.68. The van der Waals surface area contributed by atoms with Crippen molar-refractivity contribution in [2.45, 2.75) is 51.5 Å². The lowest BCUT2D eigenvalue weighted by atomic mass is 9.84. The summed E-state index contributed by atoms with van der Waals surface area (Å²) in [7, 11) is 0. The molecule has 0 radical (unpaired) electrons. The Kier molecular flexibility index (Phi) is 6.61. The van der Waals surface area contributed by atoms with E-state index in [4.69, 9.17) is 0 Å². The van der Waals surface area contributed by atoms with Gasteiger partial charge < -0.3 is 9.88 Å². The predicted molar refractivity (Wildman–Crippen MR) is 122 cm³/mol. The van der Waals surface area contributed by atoms with Gasteiger partial charge in [-0.3, -0.25) is 9.59 Å². The molecule has 0 spiro atoms. The largest absolute Gasteiger partial charge is 0.300 e. The van der Waals surface area contributed by atoms with Crippen LogP contribution in [0.1, 0.15) is 50.3 Å². The minimum Gasteiger partial charge on any atom is -0.300 e. The molecule has 31 heavy (non-hydrogen) atoms. The molecule has 1 aliphatic rings. The molecule has 1 saturated carbocycles. The molecule has 1 aromatic carbocycles. The molecule has 5 nitrogen and oxygen atoms in total. The quantitative estimate of drug-likeness (QED) is 0.546. The molecule has 2 aromatic heterocycles. The van der Waals surface area contributed by atoms with Crippen LogP contribution in [-0.2, 0) is 4.79 Å². The summed E-state index contributed by atoms with van der Waals surface area (Å²) < 4.78 is 14.9. The molecule has 162 valence electrons. The van der Waals surface area contributed by atoms with Crippen molar-refractivity contribution in [2.24, 2.45) is 5.92 Å². The van der Waals surface area contributed by atoms with Gasteiger partial charge in [0, 0.05) is 23.3 Å². The maximum Gasteiger partial charge on any atom is 0.252 e. The van der Waals surface area contributed by atoms with E-state index >= 15 is 0 Å². The minimum absolute atomic E-state index is 0.208. The molecule has 0 aliphatic heterocycles. The summed E-state index contributed by atoms with van der Waals surface area (Å²) in [6.07, 6.45) is 8.02. The van der Waals surface area contributed by atoms with E-state index in [1.165, 1.54) is 48.8 Å². The lowest BCUT2D eigenvalue weighted by molar-refractivity contribution is -0.120. The fourth-order valence-electron chi connectivity index (χ4n) is 4.46. The van der Waals surface area contributed by atoms with Crippen LogP contribution in [0.15, 0.2) is 52.8 Å². The fourth-order valence-corrected chi connectivity index (χ4v) is 5.00. The average molecular weight is 440 g/mol. The number of aromatic nitrogens is 2. The molecule has 2 heterocycles. The van der Waals surface area contributed by atoms with Gasteiger partial charge in [-0.25, -0.2) is 9.37 Å². The Morgan fingerprint density at radius 1 is 1.19 bits per heavy atom. The van der Waals surface area contributed by atoms with Gasteiger partial charge in [0.05, 0.1) is 0 Å². The number of pyridine rings is 1. The Labute approximate surface area is 185 Å². The van der Waals surface area contributed by atoms with E-state index in [-0.39, 0.29) is 17.3 Å². The highest BCUT2D eigenvalue weighted by atomic mass is 32.1. The van der Waals surface area contributed by atoms with Gasteiger partial charge in [0.2, 0.25) is 5.91 Å². The second-order valence-electron chi connectivity index (χ2n) is 8.18. The van der Waals surface area contributed by atoms with Crippen LogP contribution in [0, 0.1) is 18.7 Å². The third-order valence-corrected chi connectivity index (χ3v) is 6.68. The summed E-state index contributed by atoms with van der Waals surface area (Å²) in [4.78, 5) is 30.6. The SMILES string of the molecule is Cc1cc(-c2ccc(F)cc2)cc(=O)n1[C@@H](CC1CCCCC1)C(=O)Nc1nccs1. The number of hydrogen-bond donors (Lipinski definition) is 1.